The van der Waals surface area contributed by atoms with E-state index in [1.54, 1.807) is 6.07 Å². The quantitative estimate of drug-likeness (QED) is 0.479. The summed E-state index contributed by atoms with van der Waals surface area (Å²) < 4.78 is 46.9. The zero-order chi connectivity index (χ0) is 24.3. The van der Waals surface area contributed by atoms with Crippen LogP contribution in [0.4, 0.5) is 24.5 Å². The molecule has 34 heavy (non-hydrogen) atoms. The van der Waals surface area contributed by atoms with Crippen LogP contribution in [0.25, 0.3) is 0 Å². The minimum Gasteiger partial charge on any atom is -0.508 e. The van der Waals surface area contributed by atoms with Gasteiger partial charge in [-0.15, -0.1) is 13.2 Å². The highest BCUT2D eigenvalue weighted by molar-refractivity contribution is 5.96. The van der Waals surface area contributed by atoms with E-state index < -0.39 is 24.1 Å². The fourth-order valence-corrected chi connectivity index (χ4v) is 4.23. The molecule has 2 aliphatic rings. The first-order valence-corrected chi connectivity index (χ1v) is 10.9. The Bertz CT molecular complexity index is 1150. The van der Waals surface area contributed by atoms with Gasteiger partial charge in [0.2, 0.25) is 0 Å². The van der Waals surface area contributed by atoms with Crippen molar-refractivity contribution in [3.05, 3.63) is 41.5 Å². The highest BCUT2D eigenvalue weighted by atomic mass is 19.4. The van der Waals surface area contributed by atoms with Crippen LogP contribution in [0.1, 0.15) is 45.6 Å². The van der Waals surface area contributed by atoms with Gasteiger partial charge in [0.15, 0.2) is 6.10 Å². The second-order valence-corrected chi connectivity index (χ2v) is 8.13. The van der Waals surface area contributed by atoms with Crippen LogP contribution in [-0.4, -0.2) is 36.6 Å². The van der Waals surface area contributed by atoms with Gasteiger partial charge in [-0.2, -0.15) is 0 Å². The maximum Gasteiger partial charge on any atom is 0.573 e. The van der Waals surface area contributed by atoms with Gasteiger partial charge in [0.05, 0.1) is 24.5 Å². The van der Waals surface area contributed by atoms with E-state index in [1.165, 1.54) is 12.1 Å². The lowest BCUT2D eigenvalue weighted by Crippen LogP contribution is -2.41. The molecule has 184 valence electrons. The Balaban J connectivity index is 0.00000228. The van der Waals surface area contributed by atoms with Crippen molar-refractivity contribution in [1.29, 1.82) is 0 Å². The van der Waals surface area contributed by atoms with Gasteiger partial charge < -0.3 is 30.9 Å². The fourth-order valence-electron chi connectivity index (χ4n) is 4.23. The topological polar surface area (TPSA) is 106 Å². The number of rotatable bonds is 4. The minimum absolute atomic E-state index is 0. The van der Waals surface area contributed by atoms with E-state index in [4.69, 9.17) is 10.5 Å². The number of aromatic hydroxyl groups is 1. The number of phenols is 1. The molecule has 1 heterocycles. The fraction of sp³-hybridized carbons (Fsp3) is 0.375. The van der Waals surface area contributed by atoms with Gasteiger partial charge in [-0.05, 0) is 42.5 Å². The second kappa shape index (κ2) is 9.73. The Morgan fingerprint density at radius 1 is 1.29 bits per heavy atom. The van der Waals surface area contributed by atoms with E-state index in [2.05, 4.69) is 27.2 Å². The number of nitrogens with two attached hydrogens (primary N) is 1. The van der Waals surface area contributed by atoms with Gasteiger partial charge >= 0.3 is 6.36 Å². The molecule has 0 saturated heterocycles. The number of carbonyl (C=O) groups is 1. The Morgan fingerprint density at radius 2 is 2.06 bits per heavy atom. The third-order valence-corrected chi connectivity index (χ3v) is 5.77. The van der Waals surface area contributed by atoms with Gasteiger partial charge in [0.1, 0.15) is 17.2 Å². The predicted octanol–water partition coefficient (Wildman–Crippen LogP) is 4.56. The number of anilines is 2. The first-order chi connectivity index (χ1) is 16.2. The molecule has 7 nitrogen and oxygen atoms in total. The number of amides is 1. The first kappa shape index (κ1) is 23.6. The number of phenolic OH excluding ortho intramolecular Hbond substituents is 1. The zero-order valence-electron chi connectivity index (χ0n) is 18.2. The molecule has 1 aliphatic heterocycles. The number of hydrogen-bond acceptors (Lipinski definition) is 6. The number of halogens is 3. The summed E-state index contributed by atoms with van der Waals surface area (Å²) in [6.45, 7) is 0.157. The van der Waals surface area contributed by atoms with Crippen molar-refractivity contribution in [2.75, 3.05) is 23.7 Å². The lowest BCUT2D eigenvalue weighted by molar-refractivity contribution is -0.274. The number of alkyl halides is 3. The number of benzene rings is 2. The van der Waals surface area contributed by atoms with Gasteiger partial charge in [-0.3, -0.25) is 4.79 Å². The van der Waals surface area contributed by atoms with Gasteiger partial charge in [-0.25, -0.2) is 0 Å². The second-order valence-electron chi connectivity index (χ2n) is 8.13. The summed E-state index contributed by atoms with van der Waals surface area (Å²) in [7, 11) is 0. The van der Waals surface area contributed by atoms with Crippen molar-refractivity contribution in [2.24, 2.45) is 5.73 Å². The molecule has 0 aromatic heterocycles. The van der Waals surface area contributed by atoms with E-state index in [9.17, 15) is 23.1 Å². The van der Waals surface area contributed by atoms with E-state index in [-0.39, 0.29) is 39.0 Å². The van der Waals surface area contributed by atoms with Crippen molar-refractivity contribution in [1.82, 2.24) is 0 Å². The molecule has 1 fully saturated rings. The van der Waals surface area contributed by atoms with Crippen molar-refractivity contribution in [3.63, 3.8) is 0 Å². The molecule has 1 aliphatic carbocycles. The van der Waals surface area contributed by atoms with Crippen LogP contribution in [0, 0.1) is 11.8 Å². The molecule has 0 radical (unpaired) electrons. The SMILES string of the molecule is NCC#Cc1cc(C2CCCC2)c(O)cc1NC(=O)C1CNc2cc(OC(F)(F)F)ccc2O1.[HH].[HH]. The van der Waals surface area contributed by atoms with Crippen LogP contribution < -0.4 is 25.8 Å². The van der Waals surface area contributed by atoms with E-state index in [0.717, 1.165) is 43.4 Å². The summed E-state index contributed by atoms with van der Waals surface area (Å²) in [4.78, 5) is 12.9. The van der Waals surface area contributed by atoms with Crippen molar-refractivity contribution < 1.29 is 35.4 Å². The molecule has 1 amide bonds. The largest absolute Gasteiger partial charge is 0.573 e. The maximum absolute atomic E-state index is 12.9. The summed E-state index contributed by atoms with van der Waals surface area (Å²) in [5.74, 6) is 5.38. The highest BCUT2D eigenvalue weighted by Crippen LogP contribution is 2.41. The van der Waals surface area contributed by atoms with Crippen LogP contribution in [0.2, 0.25) is 0 Å². The Morgan fingerprint density at radius 3 is 2.76 bits per heavy atom. The Hall–Kier alpha value is -3.58. The zero-order valence-corrected chi connectivity index (χ0v) is 18.2. The lowest BCUT2D eigenvalue weighted by atomic mass is 9.94. The maximum atomic E-state index is 12.9. The summed E-state index contributed by atoms with van der Waals surface area (Å²) in [5, 5.41) is 16.2. The molecule has 0 spiro atoms. The third-order valence-electron chi connectivity index (χ3n) is 5.77. The monoisotopic (exact) mass is 479 g/mol. The summed E-state index contributed by atoms with van der Waals surface area (Å²) in [5.41, 5.74) is 7.46. The molecule has 5 N–H and O–H groups in total. The normalized spacial score (nSPS) is 17.6. The van der Waals surface area contributed by atoms with Crippen LogP contribution in [0.3, 0.4) is 0 Å². The Kier molecular flexibility index (Phi) is 6.75. The summed E-state index contributed by atoms with van der Waals surface area (Å²) in [6, 6.07) is 6.83. The standard InChI is InChI=1S/C24H24F3N3O4.2H2/c25-24(26,27)34-16-7-8-21-19(11-16)29-13-22(33-21)23(32)30-18-12-20(31)17(14-4-1-2-5-14)10-15(18)6-3-9-28;;/h7-8,10-12,14,22,29,31H,1-2,4-5,9,13,28H2,(H,30,32);2*1H. The smallest absolute Gasteiger partial charge is 0.508 e. The molecule has 10 heteroatoms. The molecule has 4 rings (SSSR count). The number of hydrogen-bond donors (Lipinski definition) is 4. The third kappa shape index (κ3) is 5.48. The van der Waals surface area contributed by atoms with Crippen LogP contribution >= 0.6 is 0 Å². The minimum atomic E-state index is -4.81. The first-order valence-electron chi connectivity index (χ1n) is 10.9. The molecule has 1 saturated carbocycles. The van der Waals surface area contributed by atoms with Gasteiger partial charge in [0.25, 0.3) is 5.91 Å². The van der Waals surface area contributed by atoms with Crippen LogP contribution in [0.5, 0.6) is 17.2 Å². The molecule has 2 aromatic rings. The van der Waals surface area contributed by atoms with Crippen molar-refractivity contribution >= 4 is 17.3 Å². The van der Waals surface area contributed by atoms with E-state index in [1.807, 2.05) is 0 Å². The van der Waals surface area contributed by atoms with Crippen LogP contribution in [-0.2, 0) is 4.79 Å². The van der Waals surface area contributed by atoms with Crippen molar-refractivity contribution in [3.8, 4) is 29.1 Å². The van der Waals surface area contributed by atoms with E-state index in [0.29, 0.717) is 11.3 Å². The number of fused-ring (bicyclic) bond motifs is 1. The molecule has 1 unspecified atom stereocenters. The molecular formula is C24H28F3N3O4. The Labute approximate surface area is 197 Å². The van der Waals surface area contributed by atoms with Crippen molar-refractivity contribution in [2.45, 2.75) is 44.1 Å². The summed E-state index contributed by atoms with van der Waals surface area (Å²) in [6.07, 6.45) is -1.60. The molecule has 0 bridgehead atoms. The average Bonchev–Trinajstić information content (AvgIpc) is 3.31. The van der Waals surface area contributed by atoms with Crippen LogP contribution in [0.15, 0.2) is 30.3 Å². The van der Waals surface area contributed by atoms with Gasteiger partial charge in [-0.1, -0.05) is 24.7 Å². The number of carbonyl (C=O) groups excluding carboxylic acids is 1. The molecule has 1 atom stereocenters. The highest BCUT2D eigenvalue weighted by Gasteiger charge is 2.32. The molecule has 2 aromatic carbocycles. The lowest BCUT2D eigenvalue weighted by Gasteiger charge is -2.27. The average molecular weight is 479 g/mol. The predicted molar refractivity (Wildman–Crippen MR) is 124 cm³/mol. The molecular weight excluding hydrogens is 451 g/mol. The van der Waals surface area contributed by atoms with Gasteiger partial charge in [0, 0.05) is 20.5 Å². The van der Waals surface area contributed by atoms with E-state index >= 15 is 0 Å². The number of ether oxygens (including phenoxy) is 2. The summed E-state index contributed by atoms with van der Waals surface area (Å²) >= 11 is 0. The number of nitrogens with one attached hydrogen (secondary N) is 2.